The van der Waals surface area contributed by atoms with Crippen LogP contribution in [0.5, 0.6) is 0 Å². The first kappa shape index (κ1) is 11.2. The van der Waals surface area contributed by atoms with Crippen LogP contribution in [0.25, 0.3) is 0 Å². The predicted octanol–water partition coefficient (Wildman–Crippen LogP) is 2.04. The van der Waals surface area contributed by atoms with Crippen molar-refractivity contribution in [2.24, 2.45) is 0 Å². The minimum atomic E-state index is -4.35. The van der Waals surface area contributed by atoms with Crippen molar-refractivity contribution < 1.29 is 13.2 Å². The molecule has 6 heteroatoms. The molecule has 0 aliphatic rings. The normalized spacial score (nSPS) is 13.0. The van der Waals surface area contributed by atoms with Crippen molar-refractivity contribution in [3.63, 3.8) is 0 Å². The second-order valence-corrected chi connectivity index (χ2v) is 8.99. The van der Waals surface area contributed by atoms with E-state index in [0.29, 0.717) is 5.45 Å². The van der Waals surface area contributed by atoms with Crippen LogP contribution in [0, 0.1) is 0 Å². The van der Waals surface area contributed by atoms with Crippen molar-refractivity contribution in [3.05, 3.63) is 18.0 Å². The quantitative estimate of drug-likeness (QED) is 0.677. The van der Waals surface area contributed by atoms with Crippen molar-refractivity contribution in [1.82, 2.24) is 9.97 Å². The number of hydrogen-bond donors (Lipinski definition) is 0. The molecule has 0 aliphatic heterocycles. The Morgan fingerprint density at radius 3 is 1.79 bits per heavy atom. The molecule has 0 aromatic carbocycles. The zero-order valence-corrected chi connectivity index (χ0v) is 9.18. The Hall–Kier alpha value is -0.913. The summed E-state index contributed by atoms with van der Waals surface area (Å²) in [6, 6.07) is 0. The zero-order valence-electron chi connectivity index (χ0n) is 8.18. The van der Waals surface area contributed by atoms with Crippen LogP contribution in [0.15, 0.2) is 12.4 Å². The number of hydrogen-bond acceptors (Lipinski definition) is 2. The monoisotopic (exact) mass is 220 g/mol. The first-order valence-corrected chi connectivity index (χ1v) is 7.61. The van der Waals surface area contributed by atoms with Crippen LogP contribution in [0.2, 0.25) is 19.6 Å². The first-order chi connectivity index (χ1) is 6.21. The van der Waals surface area contributed by atoms with Gasteiger partial charge in [0.15, 0.2) is 0 Å². The van der Waals surface area contributed by atoms with Gasteiger partial charge in [0.1, 0.15) is 13.5 Å². The van der Waals surface area contributed by atoms with Crippen LogP contribution in [-0.4, -0.2) is 18.0 Å². The Bertz CT molecular complexity index is 280. The van der Waals surface area contributed by atoms with E-state index in [-0.39, 0.29) is 0 Å². The predicted molar refractivity (Wildman–Crippen MR) is 50.0 cm³/mol. The maximum Gasteiger partial charge on any atom is 0.419 e. The molecule has 0 fully saturated rings. The van der Waals surface area contributed by atoms with Gasteiger partial charge in [0.05, 0.1) is 5.56 Å². The van der Waals surface area contributed by atoms with Crippen LogP contribution >= 0.6 is 0 Å². The molecule has 0 radical (unpaired) electrons. The molecule has 0 saturated heterocycles. The van der Waals surface area contributed by atoms with Crippen LogP contribution in [0.1, 0.15) is 5.56 Å². The number of rotatable bonds is 1. The number of halogens is 3. The lowest BCUT2D eigenvalue weighted by molar-refractivity contribution is -0.138. The molecule has 0 aliphatic carbocycles. The summed E-state index contributed by atoms with van der Waals surface area (Å²) in [6.45, 7) is 5.95. The van der Waals surface area contributed by atoms with Gasteiger partial charge in [-0.15, -0.1) is 0 Å². The fourth-order valence-electron chi connectivity index (χ4n) is 0.862. The summed E-state index contributed by atoms with van der Waals surface area (Å²) in [5.74, 6) is 0. The van der Waals surface area contributed by atoms with Gasteiger partial charge in [-0.2, -0.15) is 13.2 Å². The third-order valence-corrected chi connectivity index (χ3v) is 3.25. The molecular weight excluding hydrogens is 209 g/mol. The Morgan fingerprint density at radius 1 is 1.07 bits per heavy atom. The SMILES string of the molecule is C[Si](C)(C)c1ncc(C(F)(F)F)cn1. The third-order valence-electron chi connectivity index (χ3n) is 1.65. The first-order valence-electron chi connectivity index (χ1n) is 4.11. The molecular formula is C8H11F3N2Si. The Morgan fingerprint density at radius 2 is 1.50 bits per heavy atom. The van der Waals surface area contributed by atoms with Crippen molar-refractivity contribution in [2.75, 3.05) is 0 Å². The molecule has 0 atom stereocenters. The average molecular weight is 220 g/mol. The highest BCUT2D eigenvalue weighted by atomic mass is 28.3. The molecule has 0 bridgehead atoms. The van der Waals surface area contributed by atoms with Gasteiger partial charge in [-0.3, -0.25) is 0 Å². The van der Waals surface area contributed by atoms with Gasteiger partial charge in [0.2, 0.25) is 0 Å². The molecule has 0 saturated carbocycles. The summed E-state index contributed by atoms with van der Waals surface area (Å²) in [7, 11) is -1.70. The van der Waals surface area contributed by atoms with Gasteiger partial charge in [-0.05, 0) is 0 Å². The molecule has 1 rings (SSSR count). The van der Waals surface area contributed by atoms with E-state index in [4.69, 9.17) is 0 Å². The fraction of sp³-hybridized carbons (Fsp3) is 0.500. The van der Waals surface area contributed by atoms with E-state index in [1.807, 2.05) is 19.6 Å². The number of alkyl halides is 3. The summed E-state index contributed by atoms with van der Waals surface area (Å²) in [6.07, 6.45) is -2.65. The molecule has 0 N–H and O–H groups in total. The molecule has 0 amide bonds. The van der Waals surface area contributed by atoms with E-state index in [2.05, 4.69) is 9.97 Å². The molecule has 1 aromatic rings. The van der Waals surface area contributed by atoms with E-state index < -0.39 is 19.8 Å². The van der Waals surface area contributed by atoms with E-state index in [1.54, 1.807) is 0 Å². The van der Waals surface area contributed by atoms with Gasteiger partial charge in [0, 0.05) is 12.4 Å². The van der Waals surface area contributed by atoms with E-state index >= 15 is 0 Å². The lowest BCUT2D eigenvalue weighted by atomic mass is 10.3. The summed E-state index contributed by atoms with van der Waals surface area (Å²) < 4.78 is 36.4. The van der Waals surface area contributed by atoms with Crippen molar-refractivity contribution in [1.29, 1.82) is 0 Å². The Kier molecular flexibility index (Phi) is 2.66. The molecule has 0 unspecified atom stereocenters. The fourth-order valence-corrected chi connectivity index (χ4v) is 1.77. The molecule has 0 spiro atoms. The van der Waals surface area contributed by atoms with E-state index in [1.165, 1.54) is 0 Å². The topological polar surface area (TPSA) is 25.8 Å². The standard InChI is InChI=1S/C8H11F3N2Si/c1-14(2,3)7-12-4-6(5-13-7)8(9,10)11/h4-5H,1-3H3. The van der Waals surface area contributed by atoms with Gasteiger partial charge >= 0.3 is 6.18 Å². The molecule has 14 heavy (non-hydrogen) atoms. The van der Waals surface area contributed by atoms with Gasteiger partial charge in [-0.25, -0.2) is 9.97 Å². The summed E-state index contributed by atoms with van der Waals surface area (Å²) in [5.41, 5.74) is -0.245. The molecule has 1 aromatic heterocycles. The minimum absolute atomic E-state index is 0.547. The summed E-state index contributed by atoms with van der Waals surface area (Å²) >= 11 is 0. The van der Waals surface area contributed by atoms with Gasteiger partial charge in [-0.1, -0.05) is 19.6 Å². The number of nitrogens with zero attached hydrogens (tertiary/aromatic N) is 2. The third kappa shape index (κ3) is 2.54. The lowest BCUT2D eigenvalue weighted by Crippen LogP contribution is -2.42. The average Bonchev–Trinajstić information content (AvgIpc) is 2.01. The largest absolute Gasteiger partial charge is 0.419 e. The van der Waals surface area contributed by atoms with Crippen LogP contribution in [0.3, 0.4) is 0 Å². The minimum Gasteiger partial charge on any atom is -0.246 e. The van der Waals surface area contributed by atoms with Crippen LogP contribution in [0.4, 0.5) is 13.2 Å². The smallest absolute Gasteiger partial charge is 0.246 e. The number of aromatic nitrogens is 2. The van der Waals surface area contributed by atoms with Crippen LogP contribution in [-0.2, 0) is 6.18 Å². The lowest BCUT2D eigenvalue weighted by Gasteiger charge is -2.14. The summed E-state index contributed by atoms with van der Waals surface area (Å²) in [4.78, 5) is 7.49. The Balaban J connectivity index is 3.02. The van der Waals surface area contributed by atoms with Gasteiger partial charge in [0.25, 0.3) is 0 Å². The van der Waals surface area contributed by atoms with Gasteiger partial charge < -0.3 is 0 Å². The maximum absolute atomic E-state index is 12.1. The second-order valence-electron chi connectivity index (χ2n) is 4.04. The van der Waals surface area contributed by atoms with Crippen molar-refractivity contribution >= 4 is 13.5 Å². The van der Waals surface area contributed by atoms with E-state index in [9.17, 15) is 13.2 Å². The van der Waals surface area contributed by atoms with E-state index in [0.717, 1.165) is 12.4 Å². The summed E-state index contributed by atoms with van der Waals surface area (Å²) in [5, 5.41) is 0. The second kappa shape index (κ2) is 3.34. The highest BCUT2D eigenvalue weighted by Crippen LogP contribution is 2.27. The van der Waals surface area contributed by atoms with Crippen molar-refractivity contribution in [3.8, 4) is 0 Å². The highest BCUT2D eigenvalue weighted by molar-refractivity contribution is 6.87. The Labute approximate surface area is 81.2 Å². The van der Waals surface area contributed by atoms with Crippen LogP contribution < -0.4 is 5.45 Å². The molecule has 1 heterocycles. The maximum atomic E-state index is 12.1. The molecule has 78 valence electrons. The molecule has 2 nitrogen and oxygen atoms in total. The highest BCUT2D eigenvalue weighted by Gasteiger charge is 2.32. The van der Waals surface area contributed by atoms with Crippen molar-refractivity contribution in [2.45, 2.75) is 25.8 Å². The zero-order chi connectivity index (χ0) is 11.0.